The molecule has 106 valence electrons. The number of hydrogen-bond donors (Lipinski definition) is 1. The van der Waals surface area contributed by atoms with Gasteiger partial charge in [-0.05, 0) is 43.5 Å². The van der Waals surface area contributed by atoms with E-state index in [1.165, 1.54) is 16.7 Å². The smallest absolute Gasteiger partial charge is 0.212 e. The van der Waals surface area contributed by atoms with Gasteiger partial charge in [0.1, 0.15) is 0 Å². The second kappa shape index (κ2) is 7.06. The van der Waals surface area contributed by atoms with E-state index >= 15 is 0 Å². The predicted molar refractivity (Wildman–Crippen MR) is 82.2 cm³/mol. The van der Waals surface area contributed by atoms with Gasteiger partial charge >= 0.3 is 0 Å². The number of likely N-dealkylation sites (N-methyl/N-ethyl adjacent to an activating group) is 1. The van der Waals surface area contributed by atoms with E-state index in [1.807, 2.05) is 19.3 Å². The first-order valence-corrected chi connectivity index (χ1v) is 6.93. The minimum Gasteiger partial charge on any atom is -0.481 e. The van der Waals surface area contributed by atoms with Crippen LogP contribution in [0.2, 0.25) is 0 Å². The molecule has 0 fully saturated rings. The lowest BCUT2D eigenvalue weighted by atomic mass is 9.97. The van der Waals surface area contributed by atoms with Crippen LogP contribution < -0.4 is 10.1 Å². The third-order valence-electron chi connectivity index (χ3n) is 3.62. The van der Waals surface area contributed by atoms with Gasteiger partial charge in [-0.1, -0.05) is 30.3 Å². The Labute approximate surface area is 121 Å². The van der Waals surface area contributed by atoms with Crippen molar-refractivity contribution in [3.05, 3.63) is 59.3 Å². The number of pyridine rings is 1. The number of aryl methyl sites for hydroxylation is 1. The highest BCUT2D eigenvalue weighted by Gasteiger charge is 2.10. The van der Waals surface area contributed by atoms with Crippen LogP contribution in [0.4, 0.5) is 0 Å². The summed E-state index contributed by atoms with van der Waals surface area (Å²) in [5.41, 5.74) is 3.97. The highest BCUT2D eigenvalue weighted by Crippen LogP contribution is 2.14. The lowest BCUT2D eigenvalue weighted by Gasteiger charge is -2.17. The third-order valence-corrected chi connectivity index (χ3v) is 3.62. The van der Waals surface area contributed by atoms with Crippen LogP contribution in [0, 0.1) is 6.92 Å². The molecule has 0 spiro atoms. The first kappa shape index (κ1) is 14.5. The number of nitrogens with one attached hydrogen (secondary N) is 1. The summed E-state index contributed by atoms with van der Waals surface area (Å²) in [4.78, 5) is 4.26. The van der Waals surface area contributed by atoms with E-state index in [9.17, 15) is 0 Å². The van der Waals surface area contributed by atoms with Crippen LogP contribution in [0.5, 0.6) is 5.88 Å². The minimum absolute atomic E-state index is 0.409. The molecule has 0 amide bonds. The molecule has 2 aromatic rings. The van der Waals surface area contributed by atoms with Gasteiger partial charge in [0.25, 0.3) is 0 Å². The van der Waals surface area contributed by atoms with Crippen LogP contribution in [0.15, 0.2) is 42.6 Å². The molecule has 1 aromatic heterocycles. The summed E-state index contributed by atoms with van der Waals surface area (Å²) in [6, 6.07) is 12.9. The van der Waals surface area contributed by atoms with E-state index in [4.69, 9.17) is 4.74 Å². The monoisotopic (exact) mass is 270 g/mol. The van der Waals surface area contributed by atoms with Gasteiger partial charge in [-0.2, -0.15) is 0 Å². The molecule has 0 aliphatic heterocycles. The Kier molecular flexibility index (Phi) is 5.13. The van der Waals surface area contributed by atoms with E-state index in [2.05, 4.69) is 47.6 Å². The summed E-state index contributed by atoms with van der Waals surface area (Å²) in [7, 11) is 3.65. The molecule has 0 aliphatic rings. The standard InChI is InChI=1S/C17H22N2O/c1-13-6-4-5-7-15(13)11-16(18-2)10-14-8-9-17(20-3)19-12-14/h4-9,12,16,18H,10-11H2,1-3H3. The van der Waals surface area contributed by atoms with Crippen LogP contribution in [-0.2, 0) is 12.8 Å². The Balaban J connectivity index is 2.03. The van der Waals surface area contributed by atoms with Crippen molar-refractivity contribution < 1.29 is 4.74 Å². The van der Waals surface area contributed by atoms with Crippen LogP contribution in [0.25, 0.3) is 0 Å². The van der Waals surface area contributed by atoms with Crippen molar-refractivity contribution in [2.75, 3.05) is 14.2 Å². The first-order chi connectivity index (χ1) is 9.72. The van der Waals surface area contributed by atoms with Crippen molar-refractivity contribution in [1.29, 1.82) is 0 Å². The maximum absolute atomic E-state index is 5.09. The minimum atomic E-state index is 0.409. The molecule has 0 aliphatic carbocycles. The maximum atomic E-state index is 5.09. The number of benzene rings is 1. The molecule has 1 heterocycles. The van der Waals surface area contributed by atoms with E-state index in [1.54, 1.807) is 7.11 Å². The molecule has 1 atom stereocenters. The average Bonchev–Trinajstić information content (AvgIpc) is 2.49. The second-order valence-electron chi connectivity index (χ2n) is 5.03. The largest absolute Gasteiger partial charge is 0.481 e. The second-order valence-corrected chi connectivity index (χ2v) is 5.03. The van der Waals surface area contributed by atoms with Gasteiger partial charge in [0, 0.05) is 18.3 Å². The van der Waals surface area contributed by atoms with Gasteiger partial charge in [0.2, 0.25) is 5.88 Å². The highest BCUT2D eigenvalue weighted by molar-refractivity contribution is 5.27. The lowest BCUT2D eigenvalue weighted by molar-refractivity contribution is 0.397. The van der Waals surface area contributed by atoms with Crippen molar-refractivity contribution in [3.8, 4) is 5.88 Å². The van der Waals surface area contributed by atoms with Crippen LogP contribution in [-0.4, -0.2) is 25.2 Å². The topological polar surface area (TPSA) is 34.1 Å². The van der Waals surface area contributed by atoms with Crippen molar-refractivity contribution in [1.82, 2.24) is 10.3 Å². The lowest BCUT2D eigenvalue weighted by Crippen LogP contribution is -2.30. The number of hydrogen-bond acceptors (Lipinski definition) is 3. The molecule has 3 nitrogen and oxygen atoms in total. The van der Waals surface area contributed by atoms with Gasteiger partial charge in [0.15, 0.2) is 0 Å². The fourth-order valence-corrected chi connectivity index (χ4v) is 2.32. The van der Waals surface area contributed by atoms with Gasteiger partial charge < -0.3 is 10.1 Å². The zero-order valence-electron chi connectivity index (χ0n) is 12.4. The molecule has 0 saturated heterocycles. The van der Waals surface area contributed by atoms with Crippen LogP contribution in [0.1, 0.15) is 16.7 Å². The quantitative estimate of drug-likeness (QED) is 0.876. The molecule has 1 unspecified atom stereocenters. The molecule has 1 N–H and O–H groups in total. The number of ether oxygens (including phenoxy) is 1. The fraction of sp³-hybridized carbons (Fsp3) is 0.353. The van der Waals surface area contributed by atoms with E-state index < -0.39 is 0 Å². The average molecular weight is 270 g/mol. The van der Waals surface area contributed by atoms with Crippen LogP contribution in [0.3, 0.4) is 0 Å². The highest BCUT2D eigenvalue weighted by atomic mass is 16.5. The molecule has 1 aromatic carbocycles. The maximum Gasteiger partial charge on any atom is 0.212 e. The fourth-order valence-electron chi connectivity index (χ4n) is 2.32. The molecule has 3 heteroatoms. The summed E-state index contributed by atoms with van der Waals surface area (Å²) in [5, 5.41) is 3.40. The Morgan fingerprint density at radius 1 is 1.15 bits per heavy atom. The third kappa shape index (κ3) is 3.81. The molecule has 0 radical (unpaired) electrons. The molecule has 0 bridgehead atoms. The number of rotatable bonds is 6. The van der Waals surface area contributed by atoms with E-state index in [0.717, 1.165) is 12.8 Å². The van der Waals surface area contributed by atoms with Gasteiger partial charge in [0.05, 0.1) is 7.11 Å². The Morgan fingerprint density at radius 3 is 2.55 bits per heavy atom. The normalized spacial score (nSPS) is 12.2. The number of nitrogens with zero attached hydrogens (tertiary/aromatic N) is 1. The Bertz CT molecular complexity index is 537. The van der Waals surface area contributed by atoms with E-state index in [0.29, 0.717) is 11.9 Å². The summed E-state index contributed by atoms with van der Waals surface area (Å²) in [6.45, 7) is 2.16. The molecule has 0 saturated carbocycles. The number of methoxy groups -OCH3 is 1. The van der Waals surface area contributed by atoms with Gasteiger partial charge in [-0.3, -0.25) is 0 Å². The van der Waals surface area contributed by atoms with Crippen molar-refractivity contribution in [2.24, 2.45) is 0 Å². The SMILES string of the molecule is CNC(Cc1ccc(OC)nc1)Cc1ccccc1C. The van der Waals surface area contributed by atoms with Crippen molar-refractivity contribution >= 4 is 0 Å². The van der Waals surface area contributed by atoms with Gasteiger partial charge in [-0.15, -0.1) is 0 Å². The molecule has 20 heavy (non-hydrogen) atoms. The first-order valence-electron chi connectivity index (χ1n) is 6.93. The Hall–Kier alpha value is -1.87. The van der Waals surface area contributed by atoms with Crippen LogP contribution >= 0.6 is 0 Å². The molecule has 2 rings (SSSR count). The van der Waals surface area contributed by atoms with Crippen molar-refractivity contribution in [2.45, 2.75) is 25.8 Å². The summed E-state index contributed by atoms with van der Waals surface area (Å²) < 4.78 is 5.09. The zero-order chi connectivity index (χ0) is 14.4. The Morgan fingerprint density at radius 2 is 1.95 bits per heavy atom. The summed E-state index contributed by atoms with van der Waals surface area (Å²) >= 11 is 0. The summed E-state index contributed by atoms with van der Waals surface area (Å²) in [6.07, 6.45) is 3.87. The van der Waals surface area contributed by atoms with E-state index in [-0.39, 0.29) is 0 Å². The molecular formula is C17H22N2O. The summed E-state index contributed by atoms with van der Waals surface area (Å²) in [5.74, 6) is 0.661. The van der Waals surface area contributed by atoms with Gasteiger partial charge in [-0.25, -0.2) is 4.98 Å². The predicted octanol–water partition coefficient (Wildman–Crippen LogP) is 2.77. The number of aromatic nitrogens is 1. The molecular weight excluding hydrogens is 248 g/mol. The zero-order valence-corrected chi connectivity index (χ0v) is 12.4. The van der Waals surface area contributed by atoms with Crippen molar-refractivity contribution in [3.63, 3.8) is 0 Å².